The average Bonchev–Trinajstić information content (AvgIpc) is 2.25. The van der Waals surface area contributed by atoms with Gasteiger partial charge in [-0.25, -0.2) is 0 Å². The minimum atomic E-state index is -1.03. The van der Waals surface area contributed by atoms with E-state index in [1.165, 1.54) is 11.1 Å². The van der Waals surface area contributed by atoms with Crippen molar-refractivity contribution in [2.24, 2.45) is 0 Å². The number of rotatable bonds is 5. The third kappa shape index (κ3) is 5.34. The molecule has 1 N–H and O–H groups in total. The molecule has 1 unspecified atom stereocenters. The van der Waals surface area contributed by atoms with Gasteiger partial charge in [0, 0.05) is 6.42 Å². The van der Waals surface area contributed by atoms with Gasteiger partial charge in [-0.1, -0.05) is 45.0 Å². The number of benzene rings is 1. The summed E-state index contributed by atoms with van der Waals surface area (Å²) >= 11 is 0. The summed E-state index contributed by atoms with van der Waals surface area (Å²) < 4.78 is 5.56. The molecule has 1 aromatic carbocycles. The second-order valence-corrected chi connectivity index (χ2v) is 8.62. The highest BCUT2D eigenvalue weighted by Crippen LogP contribution is 2.23. The number of aliphatic hydroxyl groups excluding tert-OH is 1. The average molecular weight is 266 g/mol. The molecule has 2 nitrogen and oxygen atoms in total. The fraction of sp³-hybridized carbons (Fsp3) is 0.600. The van der Waals surface area contributed by atoms with E-state index in [0.717, 1.165) is 0 Å². The maximum Gasteiger partial charge on any atom is 0.171 e. The summed E-state index contributed by atoms with van der Waals surface area (Å²) in [6.45, 7) is 11.3. The predicted molar refractivity (Wildman–Crippen MR) is 79.7 cm³/mol. The van der Waals surface area contributed by atoms with Crippen molar-refractivity contribution in [3.8, 4) is 0 Å². The molecule has 0 bridgehead atoms. The lowest BCUT2D eigenvalue weighted by atomic mass is 9.86. The van der Waals surface area contributed by atoms with Crippen LogP contribution in [0.2, 0.25) is 13.1 Å². The largest absolute Gasteiger partial charge is 0.418 e. The van der Waals surface area contributed by atoms with Crippen molar-refractivity contribution in [2.45, 2.75) is 51.8 Å². The van der Waals surface area contributed by atoms with E-state index in [1.807, 2.05) is 0 Å². The topological polar surface area (TPSA) is 29.5 Å². The Balaban J connectivity index is 2.62. The van der Waals surface area contributed by atoms with Gasteiger partial charge in [0.1, 0.15) is 0 Å². The molecule has 0 fully saturated rings. The molecule has 0 aromatic heterocycles. The van der Waals surface area contributed by atoms with E-state index in [-0.39, 0.29) is 5.41 Å². The molecule has 3 heteroatoms. The van der Waals surface area contributed by atoms with Crippen LogP contribution in [0.1, 0.15) is 31.9 Å². The van der Waals surface area contributed by atoms with Crippen LogP contribution >= 0.6 is 0 Å². The van der Waals surface area contributed by atoms with Gasteiger partial charge in [-0.3, -0.25) is 0 Å². The van der Waals surface area contributed by atoms with Crippen molar-refractivity contribution >= 4 is 9.04 Å². The summed E-state index contributed by atoms with van der Waals surface area (Å²) in [4.78, 5) is 0. The molecule has 0 saturated carbocycles. The number of aliphatic hydroxyl groups is 1. The molecule has 0 aliphatic heterocycles. The predicted octanol–water partition coefficient (Wildman–Crippen LogP) is 2.89. The number of hydrogen-bond donors (Lipinski definition) is 1. The molecule has 0 radical (unpaired) electrons. The summed E-state index contributed by atoms with van der Waals surface area (Å²) in [7, 11) is -1.03. The molecule has 0 heterocycles. The van der Waals surface area contributed by atoms with Gasteiger partial charge >= 0.3 is 0 Å². The van der Waals surface area contributed by atoms with Crippen LogP contribution in [0.15, 0.2) is 24.3 Å². The van der Waals surface area contributed by atoms with Crippen molar-refractivity contribution in [3.05, 3.63) is 35.4 Å². The van der Waals surface area contributed by atoms with E-state index in [9.17, 15) is 5.11 Å². The van der Waals surface area contributed by atoms with E-state index < -0.39 is 15.1 Å². The number of hydrogen-bond acceptors (Lipinski definition) is 2. The summed E-state index contributed by atoms with van der Waals surface area (Å²) in [5.74, 6) is 0. The summed E-state index contributed by atoms with van der Waals surface area (Å²) in [6, 6.07) is 8.48. The normalized spacial score (nSPS) is 13.9. The van der Waals surface area contributed by atoms with E-state index >= 15 is 0 Å². The quantitative estimate of drug-likeness (QED) is 0.830. The highest BCUT2D eigenvalue weighted by molar-refractivity contribution is 6.48. The molecule has 1 atom stereocenters. The molecule has 1 rings (SSSR count). The van der Waals surface area contributed by atoms with E-state index in [1.54, 1.807) is 0 Å². The Kier molecular flexibility index (Phi) is 5.57. The van der Waals surface area contributed by atoms with E-state index in [2.05, 4.69) is 58.1 Å². The lowest BCUT2D eigenvalue weighted by molar-refractivity contribution is 0.108. The van der Waals surface area contributed by atoms with Crippen LogP contribution < -0.4 is 0 Å². The van der Waals surface area contributed by atoms with Gasteiger partial charge in [0.25, 0.3) is 0 Å². The molecular weight excluding hydrogens is 240 g/mol. The SMILES string of the molecule is C[SiH](C)OCC(O)Cc1cccc(C(C)(C)C)c1. The third-order valence-electron chi connectivity index (χ3n) is 2.89. The van der Waals surface area contributed by atoms with Crippen LogP contribution in [0.25, 0.3) is 0 Å². The lowest BCUT2D eigenvalue weighted by Crippen LogP contribution is -2.22. The van der Waals surface area contributed by atoms with Gasteiger partial charge in [-0.05, 0) is 29.6 Å². The molecule has 18 heavy (non-hydrogen) atoms. The van der Waals surface area contributed by atoms with Crippen LogP contribution in [0, 0.1) is 0 Å². The molecule has 102 valence electrons. The van der Waals surface area contributed by atoms with Gasteiger partial charge in [0.2, 0.25) is 0 Å². The zero-order valence-electron chi connectivity index (χ0n) is 12.2. The van der Waals surface area contributed by atoms with Crippen LogP contribution in [-0.4, -0.2) is 26.9 Å². The molecule has 1 aromatic rings. The fourth-order valence-corrected chi connectivity index (χ4v) is 2.41. The first-order valence-corrected chi connectivity index (χ1v) is 9.46. The summed E-state index contributed by atoms with van der Waals surface area (Å²) in [6.07, 6.45) is 0.278. The third-order valence-corrected chi connectivity index (χ3v) is 3.75. The highest BCUT2D eigenvalue weighted by Gasteiger charge is 2.14. The van der Waals surface area contributed by atoms with Gasteiger partial charge in [0.15, 0.2) is 9.04 Å². The van der Waals surface area contributed by atoms with Crippen molar-refractivity contribution in [1.29, 1.82) is 0 Å². The Hall–Kier alpha value is -0.643. The molecule has 0 aliphatic carbocycles. The first kappa shape index (κ1) is 15.4. The Bertz CT molecular complexity index is 369. The van der Waals surface area contributed by atoms with E-state index in [4.69, 9.17) is 4.43 Å². The second-order valence-electron chi connectivity index (χ2n) is 6.19. The first-order chi connectivity index (χ1) is 8.29. The van der Waals surface area contributed by atoms with Crippen molar-refractivity contribution in [1.82, 2.24) is 0 Å². The standard InChI is InChI=1S/C15H26O2Si/c1-15(2,3)13-8-6-7-12(9-13)10-14(16)11-17-18(4)5/h6-9,14,16,18H,10-11H2,1-5H3. The first-order valence-electron chi connectivity index (χ1n) is 6.68. The smallest absolute Gasteiger partial charge is 0.171 e. The lowest BCUT2D eigenvalue weighted by Gasteiger charge is -2.20. The Morgan fingerprint density at radius 2 is 1.94 bits per heavy atom. The maximum absolute atomic E-state index is 9.94. The minimum Gasteiger partial charge on any atom is -0.418 e. The van der Waals surface area contributed by atoms with Gasteiger partial charge < -0.3 is 9.53 Å². The second kappa shape index (κ2) is 6.50. The van der Waals surface area contributed by atoms with Crippen LogP contribution in [0.5, 0.6) is 0 Å². The van der Waals surface area contributed by atoms with Crippen LogP contribution in [-0.2, 0) is 16.3 Å². The van der Waals surface area contributed by atoms with Crippen LogP contribution in [0.4, 0.5) is 0 Å². The summed E-state index contributed by atoms with van der Waals surface area (Å²) in [5.41, 5.74) is 2.65. The maximum atomic E-state index is 9.94. The molecule has 0 spiro atoms. The van der Waals surface area contributed by atoms with Gasteiger partial charge in [0.05, 0.1) is 12.7 Å². The Morgan fingerprint density at radius 3 is 2.50 bits per heavy atom. The Morgan fingerprint density at radius 1 is 1.28 bits per heavy atom. The zero-order chi connectivity index (χ0) is 13.8. The molecule has 0 saturated heterocycles. The van der Waals surface area contributed by atoms with Crippen LogP contribution in [0.3, 0.4) is 0 Å². The monoisotopic (exact) mass is 266 g/mol. The highest BCUT2D eigenvalue weighted by atomic mass is 28.3. The summed E-state index contributed by atoms with van der Waals surface area (Å²) in [5, 5.41) is 9.94. The Labute approximate surface area is 113 Å². The van der Waals surface area contributed by atoms with E-state index in [0.29, 0.717) is 13.0 Å². The molecule has 0 aliphatic rings. The fourth-order valence-electron chi connectivity index (χ4n) is 1.80. The molecular formula is C15H26O2Si. The van der Waals surface area contributed by atoms with Crippen molar-refractivity contribution in [2.75, 3.05) is 6.61 Å². The molecule has 0 amide bonds. The minimum absolute atomic E-state index is 0.155. The van der Waals surface area contributed by atoms with Crippen molar-refractivity contribution in [3.63, 3.8) is 0 Å². The zero-order valence-corrected chi connectivity index (χ0v) is 13.4. The van der Waals surface area contributed by atoms with Gasteiger partial charge in [-0.15, -0.1) is 0 Å². The van der Waals surface area contributed by atoms with Crippen molar-refractivity contribution < 1.29 is 9.53 Å². The van der Waals surface area contributed by atoms with Gasteiger partial charge in [-0.2, -0.15) is 0 Å².